The van der Waals surface area contributed by atoms with E-state index in [2.05, 4.69) is 0 Å². The van der Waals surface area contributed by atoms with Crippen molar-refractivity contribution >= 4 is 10.0 Å². The highest BCUT2D eigenvalue weighted by Crippen LogP contribution is 2.25. The van der Waals surface area contributed by atoms with Crippen molar-refractivity contribution in [2.24, 2.45) is 0 Å². The topological polar surface area (TPSA) is 81.4 Å². The molecule has 5 nitrogen and oxygen atoms in total. The molecule has 0 saturated carbocycles. The summed E-state index contributed by atoms with van der Waals surface area (Å²) in [5, 5.41) is 17.8. The summed E-state index contributed by atoms with van der Waals surface area (Å²) in [7, 11) is -3.54. The summed E-state index contributed by atoms with van der Waals surface area (Å²) in [6.07, 6.45) is 1.74. The number of nitrogens with zero attached hydrogens (tertiary/aromatic N) is 2. The van der Waals surface area contributed by atoms with Crippen molar-refractivity contribution in [1.29, 1.82) is 5.26 Å². The van der Waals surface area contributed by atoms with Crippen molar-refractivity contribution in [3.05, 3.63) is 29.8 Å². The van der Waals surface area contributed by atoms with E-state index in [1.54, 1.807) is 12.1 Å². The molecule has 0 amide bonds. The van der Waals surface area contributed by atoms with Crippen LogP contribution in [0, 0.1) is 11.3 Å². The molecule has 1 atom stereocenters. The van der Waals surface area contributed by atoms with Crippen LogP contribution in [0.1, 0.15) is 18.4 Å². The summed E-state index contributed by atoms with van der Waals surface area (Å²) in [5.74, 6) is 0. The largest absolute Gasteiger partial charge is 0.395 e. The first-order valence-electron chi connectivity index (χ1n) is 6.18. The van der Waals surface area contributed by atoms with E-state index in [9.17, 15) is 13.5 Å². The zero-order chi connectivity index (χ0) is 13.9. The minimum absolute atomic E-state index is 0.147. The van der Waals surface area contributed by atoms with Crippen molar-refractivity contribution in [3.63, 3.8) is 0 Å². The van der Waals surface area contributed by atoms with Crippen molar-refractivity contribution < 1.29 is 13.5 Å². The molecule has 0 radical (unpaired) electrons. The minimum atomic E-state index is -3.54. The van der Waals surface area contributed by atoms with E-state index in [1.807, 2.05) is 6.07 Å². The Morgan fingerprint density at radius 1 is 1.37 bits per heavy atom. The third-order valence-electron chi connectivity index (χ3n) is 3.35. The van der Waals surface area contributed by atoms with Gasteiger partial charge in [0.15, 0.2) is 0 Å². The lowest BCUT2D eigenvalue weighted by atomic mass is 10.2. The Balaban J connectivity index is 2.27. The average Bonchev–Trinajstić information content (AvgIpc) is 2.89. The molecule has 1 aliphatic rings. The highest BCUT2D eigenvalue weighted by atomic mass is 32.2. The van der Waals surface area contributed by atoms with Crippen molar-refractivity contribution in [3.8, 4) is 6.07 Å². The highest BCUT2D eigenvalue weighted by molar-refractivity contribution is 7.89. The molecule has 6 heteroatoms. The quantitative estimate of drug-likeness (QED) is 0.888. The van der Waals surface area contributed by atoms with E-state index >= 15 is 0 Å². The Morgan fingerprint density at radius 2 is 2.05 bits per heavy atom. The molecular formula is C13H16N2O3S. The lowest BCUT2D eigenvalue weighted by molar-refractivity contribution is 0.213. The number of nitriles is 1. The van der Waals surface area contributed by atoms with E-state index < -0.39 is 10.0 Å². The average molecular weight is 280 g/mol. The predicted octanol–water partition coefficient (Wildman–Crippen LogP) is 0.898. The molecule has 102 valence electrons. The number of sulfonamides is 1. The molecule has 1 saturated heterocycles. The Hall–Kier alpha value is -1.42. The van der Waals surface area contributed by atoms with Crippen molar-refractivity contribution in [2.45, 2.75) is 30.2 Å². The first-order valence-corrected chi connectivity index (χ1v) is 7.62. The molecule has 1 heterocycles. The minimum Gasteiger partial charge on any atom is -0.395 e. The fourth-order valence-corrected chi connectivity index (χ4v) is 4.00. The Labute approximate surface area is 113 Å². The normalized spacial score (nSPS) is 20.3. The van der Waals surface area contributed by atoms with Gasteiger partial charge in [0.25, 0.3) is 0 Å². The van der Waals surface area contributed by atoms with Gasteiger partial charge < -0.3 is 5.11 Å². The van der Waals surface area contributed by atoms with Gasteiger partial charge in [-0.25, -0.2) is 8.42 Å². The van der Waals surface area contributed by atoms with Crippen molar-refractivity contribution in [2.75, 3.05) is 13.2 Å². The van der Waals surface area contributed by atoms with E-state index in [1.165, 1.54) is 16.4 Å². The van der Waals surface area contributed by atoms with Gasteiger partial charge in [0.05, 0.1) is 24.0 Å². The van der Waals surface area contributed by atoms with E-state index in [0.29, 0.717) is 13.0 Å². The number of aliphatic hydroxyl groups is 1. The second-order valence-corrected chi connectivity index (χ2v) is 6.46. The molecule has 0 aliphatic carbocycles. The van der Waals surface area contributed by atoms with Gasteiger partial charge in [-0.1, -0.05) is 12.1 Å². The zero-order valence-electron chi connectivity index (χ0n) is 10.5. The van der Waals surface area contributed by atoms with Gasteiger partial charge in [0.1, 0.15) is 0 Å². The number of hydrogen-bond acceptors (Lipinski definition) is 4. The zero-order valence-corrected chi connectivity index (χ0v) is 11.3. The lowest BCUT2D eigenvalue weighted by Crippen LogP contribution is -2.37. The van der Waals surface area contributed by atoms with E-state index in [-0.39, 0.29) is 24.0 Å². The Morgan fingerprint density at radius 3 is 2.63 bits per heavy atom. The fourth-order valence-electron chi connectivity index (χ4n) is 2.31. The van der Waals surface area contributed by atoms with Crippen LogP contribution < -0.4 is 0 Å². The number of aliphatic hydroxyl groups excluding tert-OH is 1. The number of benzene rings is 1. The van der Waals surface area contributed by atoms with Crippen LogP contribution in [-0.2, 0) is 16.4 Å². The summed E-state index contributed by atoms with van der Waals surface area (Å²) in [6.45, 7) is 0.305. The molecule has 0 bridgehead atoms. The first-order chi connectivity index (χ1) is 9.09. The standard InChI is InChI=1S/C13H16N2O3S/c14-8-7-11-3-5-13(6-4-11)19(17,18)15-9-1-2-12(15)10-16/h3-6,12,16H,1-2,7,9-10H2/t12-/m0/s1. The summed E-state index contributed by atoms with van der Waals surface area (Å²) in [5.41, 5.74) is 0.793. The molecule has 19 heavy (non-hydrogen) atoms. The Bertz CT molecular complexity index is 575. The second kappa shape index (κ2) is 5.70. The maximum atomic E-state index is 12.4. The van der Waals surface area contributed by atoms with E-state index in [0.717, 1.165) is 12.0 Å². The van der Waals surface area contributed by atoms with Gasteiger partial charge in [-0.2, -0.15) is 9.57 Å². The summed E-state index contributed by atoms with van der Waals surface area (Å²) < 4.78 is 26.2. The fraction of sp³-hybridized carbons (Fsp3) is 0.462. The van der Waals surface area contributed by atoms with Crippen LogP contribution in [0.15, 0.2) is 29.2 Å². The van der Waals surface area contributed by atoms with Gasteiger partial charge in [-0.15, -0.1) is 0 Å². The number of rotatable bonds is 4. The monoisotopic (exact) mass is 280 g/mol. The third kappa shape index (κ3) is 2.78. The summed E-state index contributed by atoms with van der Waals surface area (Å²) in [6, 6.07) is 8.06. The molecule has 0 aromatic heterocycles. The lowest BCUT2D eigenvalue weighted by Gasteiger charge is -2.22. The number of hydrogen-bond donors (Lipinski definition) is 1. The predicted molar refractivity (Wildman–Crippen MR) is 69.8 cm³/mol. The van der Waals surface area contributed by atoms with Crippen LogP contribution in [0.4, 0.5) is 0 Å². The van der Waals surface area contributed by atoms with Gasteiger partial charge in [0.2, 0.25) is 10.0 Å². The Kier molecular flexibility index (Phi) is 4.20. The molecule has 2 rings (SSSR count). The molecule has 1 aromatic rings. The smallest absolute Gasteiger partial charge is 0.243 e. The summed E-state index contributed by atoms with van der Waals surface area (Å²) >= 11 is 0. The van der Waals surface area contributed by atoms with Gasteiger partial charge in [-0.05, 0) is 30.5 Å². The molecule has 1 aromatic carbocycles. The van der Waals surface area contributed by atoms with Crippen LogP contribution in [-0.4, -0.2) is 37.0 Å². The molecule has 0 spiro atoms. The van der Waals surface area contributed by atoms with Gasteiger partial charge in [0, 0.05) is 12.6 Å². The molecular weight excluding hydrogens is 264 g/mol. The van der Waals surface area contributed by atoms with Crippen molar-refractivity contribution in [1.82, 2.24) is 4.31 Å². The van der Waals surface area contributed by atoms with Gasteiger partial charge in [-0.3, -0.25) is 0 Å². The SMILES string of the molecule is N#CCc1ccc(S(=O)(=O)N2CCC[C@H]2CO)cc1. The van der Waals surface area contributed by atoms with Crippen LogP contribution in [0.5, 0.6) is 0 Å². The third-order valence-corrected chi connectivity index (χ3v) is 5.31. The molecule has 1 N–H and O–H groups in total. The van der Waals surface area contributed by atoms with Crippen LogP contribution in [0.3, 0.4) is 0 Å². The summed E-state index contributed by atoms with van der Waals surface area (Å²) in [4.78, 5) is 0.217. The van der Waals surface area contributed by atoms with Gasteiger partial charge >= 0.3 is 0 Å². The molecule has 1 aliphatic heterocycles. The second-order valence-electron chi connectivity index (χ2n) is 4.57. The maximum Gasteiger partial charge on any atom is 0.243 e. The van der Waals surface area contributed by atoms with Crippen LogP contribution in [0.25, 0.3) is 0 Å². The maximum absolute atomic E-state index is 12.4. The van der Waals surface area contributed by atoms with E-state index in [4.69, 9.17) is 5.26 Å². The highest BCUT2D eigenvalue weighted by Gasteiger charge is 2.34. The van der Waals surface area contributed by atoms with Crippen LogP contribution in [0.2, 0.25) is 0 Å². The molecule has 0 unspecified atom stereocenters. The van der Waals surface area contributed by atoms with Crippen LogP contribution >= 0.6 is 0 Å². The molecule has 1 fully saturated rings. The first kappa shape index (κ1) is 14.0.